The van der Waals surface area contributed by atoms with Gasteiger partial charge in [-0.1, -0.05) is 18.2 Å². The van der Waals surface area contributed by atoms with Crippen molar-refractivity contribution in [3.63, 3.8) is 0 Å². The number of urea groups is 1. The van der Waals surface area contributed by atoms with Crippen LogP contribution in [0.25, 0.3) is 22.0 Å². The fourth-order valence-electron chi connectivity index (χ4n) is 4.25. The van der Waals surface area contributed by atoms with Crippen LogP contribution in [0.1, 0.15) is 40.0 Å². The highest BCUT2D eigenvalue weighted by Gasteiger charge is 2.18. The van der Waals surface area contributed by atoms with Crippen LogP contribution in [0.5, 0.6) is 17.2 Å². The average molecular weight is 558 g/mol. The number of ether oxygens (including phenoxy) is 3. The number of hydrogen-bond donors (Lipinski definition) is 3. The van der Waals surface area contributed by atoms with Crippen molar-refractivity contribution in [3.8, 4) is 28.4 Å². The average Bonchev–Trinajstić information content (AvgIpc) is 2.95. The molecule has 9 heteroatoms. The van der Waals surface area contributed by atoms with Gasteiger partial charge in [0.2, 0.25) is 0 Å². The van der Waals surface area contributed by atoms with Gasteiger partial charge in [-0.2, -0.15) is 0 Å². The summed E-state index contributed by atoms with van der Waals surface area (Å²) in [6.45, 7) is 7.25. The Morgan fingerprint density at radius 3 is 2.29 bits per heavy atom. The lowest BCUT2D eigenvalue weighted by atomic mass is 10.0. The first-order valence-corrected chi connectivity index (χ1v) is 13.8. The van der Waals surface area contributed by atoms with E-state index in [0.717, 1.165) is 53.9 Å². The van der Waals surface area contributed by atoms with Crippen molar-refractivity contribution in [2.24, 2.45) is 0 Å². The molecule has 2 heterocycles. The fraction of sp³-hybridized carbons (Fsp3) is 0.344. The molecule has 0 saturated carbocycles. The minimum atomic E-state index is -0.408. The number of aromatic nitrogens is 2. The number of carbonyl (C=O) groups excluding carboxylic acids is 1. The SMILES string of the molecule is COc1cc(OC)cc(-c2cc3cnc(NCCCCCOc4ccccc4)cc3nc2NC(=O)NC(C)(C)C)c1. The Balaban J connectivity index is 1.49. The minimum Gasteiger partial charge on any atom is -0.497 e. The second kappa shape index (κ2) is 13.7. The van der Waals surface area contributed by atoms with Gasteiger partial charge in [-0.05, 0) is 75.9 Å². The molecule has 2 aromatic carbocycles. The Labute approximate surface area is 241 Å². The van der Waals surface area contributed by atoms with Crippen molar-refractivity contribution in [2.75, 3.05) is 38.0 Å². The van der Waals surface area contributed by atoms with E-state index in [2.05, 4.69) is 20.9 Å². The third-order valence-corrected chi connectivity index (χ3v) is 6.22. The van der Waals surface area contributed by atoms with E-state index >= 15 is 0 Å². The van der Waals surface area contributed by atoms with Crippen LogP contribution >= 0.6 is 0 Å². The molecule has 0 radical (unpaired) electrons. The molecule has 4 aromatic rings. The van der Waals surface area contributed by atoms with Gasteiger partial charge in [-0.3, -0.25) is 5.32 Å². The van der Waals surface area contributed by atoms with Crippen LogP contribution in [-0.4, -0.2) is 48.9 Å². The van der Waals surface area contributed by atoms with Gasteiger partial charge in [0.05, 0.1) is 26.3 Å². The molecule has 0 fully saturated rings. The first-order chi connectivity index (χ1) is 19.7. The number of rotatable bonds is 12. The maximum absolute atomic E-state index is 12.8. The first-order valence-electron chi connectivity index (χ1n) is 13.8. The zero-order valence-electron chi connectivity index (χ0n) is 24.4. The van der Waals surface area contributed by atoms with Crippen molar-refractivity contribution in [1.29, 1.82) is 0 Å². The molecule has 0 bridgehead atoms. The van der Waals surface area contributed by atoms with E-state index in [9.17, 15) is 4.79 Å². The van der Waals surface area contributed by atoms with Crippen LogP contribution in [0.15, 0.2) is 66.9 Å². The van der Waals surface area contributed by atoms with Crippen LogP contribution in [0.3, 0.4) is 0 Å². The van der Waals surface area contributed by atoms with Gasteiger partial charge in [0, 0.05) is 41.4 Å². The lowest BCUT2D eigenvalue weighted by Gasteiger charge is -2.21. The maximum atomic E-state index is 12.8. The molecule has 9 nitrogen and oxygen atoms in total. The number of para-hydroxylation sites is 1. The van der Waals surface area contributed by atoms with Crippen LogP contribution in [0.4, 0.5) is 16.4 Å². The fourth-order valence-corrected chi connectivity index (χ4v) is 4.25. The Bertz CT molecular complexity index is 1430. The molecule has 0 atom stereocenters. The quantitative estimate of drug-likeness (QED) is 0.163. The number of anilines is 2. The Morgan fingerprint density at radius 2 is 1.61 bits per heavy atom. The number of amides is 2. The Morgan fingerprint density at radius 1 is 0.878 bits per heavy atom. The highest BCUT2D eigenvalue weighted by molar-refractivity contribution is 5.97. The summed E-state index contributed by atoms with van der Waals surface area (Å²) in [5.41, 5.74) is 1.82. The number of nitrogens with one attached hydrogen (secondary N) is 3. The lowest BCUT2D eigenvalue weighted by Crippen LogP contribution is -2.43. The molecule has 0 aliphatic carbocycles. The molecular formula is C32H39N5O4. The van der Waals surface area contributed by atoms with Gasteiger partial charge >= 0.3 is 6.03 Å². The monoisotopic (exact) mass is 557 g/mol. The number of hydrogen-bond acceptors (Lipinski definition) is 7. The van der Waals surface area contributed by atoms with E-state index in [4.69, 9.17) is 19.2 Å². The smallest absolute Gasteiger partial charge is 0.320 e. The minimum absolute atomic E-state index is 0.343. The van der Waals surface area contributed by atoms with E-state index in [0.29, 0.717) is 29.4 Å². The molecule has 216 valence electrons. The van der Waals surface area contributed by atoms with E-state index in [1.807, 2.05) is 75.4 Å². The molecule has 0 aliphatic heterocycles. The summed E-state index contributed by atoms with van der Waals surface area (Å²) in [6, 6.07) is 18.9. The van der Waals surface area contributed by atoms with Crippen LogP contribution in [0.2, 0.25) is 0 Å². The molecule has 3 N–H and O–H groups in total. The van der Waals surface area contributed by atoms with Crippen molar-refractivity contribution in [2.45, 2.75) is 45.6 Å². The number of carbonyl (C=O) groups is 1. The van der Waals surface area contributed by atoms with Crippen molar-refractivity contribution >= 4 is 28.6 Å². The van der Waals surface area contributed by atoms with Gasteiger partial charge in [0.1, 0.15) is 28.9 Å². The van der Waals surface area contributed by atoms with Gasteiger partial charge in [0.25, 0.3) is 0 Å². The molecular weight excluding hydrogens is 518 g/mol. The van der Waals surface area contributed by atoms with E-state index in [-0.39, 0.29) is 6.03 Å². The van der Waals surface area contributed by atoms with Crippen LogP contribution < -0.4 is 30.2 Å². The summed E-state index contributed by atoms with van der Waals surface area (Å²) in [5, 5.41) is 10.1. The predicted molar refractivity (Wildman–Crippen MR) is 164 cm³/mol. The molecule has 41 heavy (non-hydrogen) atoms. The second-order valence-corrected chi connectivity index (χ2v) is 10.7. The molecule has 0 spiro atoms. The predicted octanol–water partition coefficient (Wildman–Crippen LogP) is 6.90. The standard InChI is InChI=1S/C32H39N5O4/c1-32(2,3)37-31(38)36-30-27(22-16-25(39-4)19-26(17-22)40-5)18-23-21-34-29(20-28(23)35-30)33-14-10-7-11-15-41-24-12-8-6-9-13-24/h6,8-9,12-13,16-21H,7,10-11,14-15H2,1-5H3,(H,33,34)(H2,35,36,37,38). The number of benzene rings is 2. The molecule has 0 aliphatic rings. The summed E-state index contributed by atoms with van der Waals surface area (Å²) in [7, 11) is 3.20. The summed E-state index contributed by atoms with van der Waals surface area (Å²) in [5.74, 6) is 3.32. The number of unbranched alkanes of at least 4 members (excludes halogenated alkanes) is 2. The summed E-state index contributed by atoms with van der Waals surface area (Å²) < 4.78 is 16.7. The normalized spacial score (nSPS) is 11.1. The molecule has 2 aromatic heterocycles. The highest BCUT2D eigenvalue weighted by Crippen LogP contribution is 2.35. The Hall–Kier alpha value is -4.53. The number of fused-ring (bicyclic) bond motifs is 1. The van der Waals surface area contributed by atoms with E-state index in [1.54, 1.807) is 26.5 Å². The zero-order valence-corrected chi connectivity index (χ0v) is 24.4. The number of pyridine rings is 2. The maximum Gasteiger partial charge on any atom is 0.320 e. The van der Waals surface area contributed by atoms with Crippen molar-refractivity contribution in [3.05, 3.63) is 66.9 Å². The zero-order chi connectivity index (χ0) is 29.2. The summed E-state index contributed by atoms with van der Waals surface area (Å²) in [6.07, 6.45) is 4.79. The van der Waals surface area contributed by atoms with E-state index < -0.39 is 5.54 Å². The van der Waals surface area contributed by atoms with Crippen LogP contribution in [0, 0.1) is 0 Å². The van der Waals surface area contributed by atoms with Gasteiger partial charge in [0.15, 0.2) is 0 Å². The third-order valence-electron chi connectivity index (χ3n) is 6.22. The first kappa shape index (κ1) is 29.5. The van der Waals surface area contributed by atoms with Crippen LogP contribution in [-0.2, 0) is 0 Å². The lowest BCUT2D eigenvalue weighted by molar-refractivity contribution is 0.243. The number of methoxy groups -OCH3 is 2. The van der Waals surface area contributed by atoms with Gasteiger partial charge in [-0.25, -0.2) is 14.8 Å². The van der Waals surface area contributed by atoms with Gasteiger partial charge < -0.3 is 24.8 Å². The third kappa shape index (κ3) is 8.73. The Kier molecular flexibility index (Phi) is 9.84. The molecule has 0 saturated heterocycles. The number of nitrogens with zero attached hydrogens (tertiary/aromatic N) is 2. The van der Waals surface area contributed by atoms with E-state index in [1.165, 1.54) is 0 Å². The molecule has 0 unspecified atom stereocenters. The van der Waals surface area contributed by atoms with Crippen molar-refractivity contribution < 1.29 is 19.0 Å². The van der Waals surface area contributed by atoms with Gasteiger partial charge in [-0.15, -0.1) is 0 Å². The topological polar surface area (TPSA) is 107 Å². The highest BCUT2D eigenvalue weighted by atomic mass is 16.5. The second-order valence-electron chi connectivity index (χ2n) is 10.7. The molecule has 4 rings (SSSR count). The largest absolute Gasteiger partial charge is 0.497 e. The summed E-state index contributed by atoms with van der Waals surface area (Å²) in [4.78, 5) is 22.3. The van der Waals surface area contributed by atoms with Crippen molar-refractivity contribution in [1.82, 2.24) is 15.3 Å². The molecule has 2 amide bonds. The summed E-state index contributed by atoms with van der Waals surface area (Å²) >= 11 is 0.